The van der Waals surface area contributed by atoms with Gasteiger partial charge in [-0.3, -0.25) is 9.59 Å². The molecule has 0 aromatic heterocycles. The van der Waals surface area contributed by atoms with Crippen LogP contribution in [0.3, 0.4) is 0 Å². The van der Waals surface area contributed by atoms with Crippen LogP contribution < -0.4 is 9.80 Å². The monoisotopic (exact) mass is 452 g/mol. The number of anilines is 2. The van der Waals surface area contributed by atoms with E-state index in [1.807, 2.05) is 37.3 Å². The van der Waals surface area contributed by atoms with Crippen LogP contribution in [0, 0.1) is 5.82 Å². The smallest absolute Gasteiger partial charge is 0.283 e. The highest BCUT2D eigenvalue weighted by atomic mass is 35.5. The Morgan fingerprint density at radius 2 is 1.55 bits per heavy atom. The molecule has 1 aliphatic rings. The van der Waals surface area contributed by atoms with Crippen molar-refractivity contribution in [1.82, 2.24) is 0 Å². The Hall–Kier alpha value is -3.09. The number of carbonyl (C=O) groups excluding carboxylic acids is 2. The zero-order valence-electron chi connectivity index (χ0n) is 16.6. The molecule has 2 amide bonds. The summed E-state index contributed by atoms with van der Waals surface area (Å²) in [6, 6.07) is 22.1. The van der Waals surface area contributed by atoms with Gasteiger partial charge in [0, 0.05) is 22.2 Å². The van der Waals surface area contributed by atoms with Crippen LogP contribution in [0.4, 0.5) is 15.8 Å². The molecule has 3 aromatic rings. The molecule has 156 valence electrons. The minimum atomic E-state index is -0.635. The maximum absolute atomic E-state index is 14.5. The van der Waals surface area contributed by atoms with Crippen LogP contribution in [0.5, 0.6) is 0 Å². The van der Waals surface area contributed by atoms with Gasteiger partial charge in [-0.05, 0) is 55.5 Å². The van der Waals surface area contributed by atoms with Gasteiger partial charge in [-0.1, -0.05) is 53.7 Å². The number of hydrogen-bond donors (Lipinski definition) is 0. The number of benzene rings is 3. The molecular weight excluding hydrogens is 435 g/mol. The van der Waals surface area contributed by atoms with E-state index in [0.29, 0.717) is 11.6 Å². The van der Waals surface area contributed by atoms with Crippen LogP contribution >= 0.6 is 23.4 Å². The molecule has 0 saturated carbocycles. The van der Waals surface area contributed by atoms with Crippen molar-refractivity contribution in [1.29, 1.82) is 0 Å². The lowest BCUT2D eigenvalue weighted by atomic mass is 10.2. The molecule has 0 bridgehead atoms. The molecular formula is C24H18ClFN2O2S. The summed E-state index contributed by atoms with van der Waals surface area (Å²) >= 11 is 7.15. The highest BCUT2D eigenvalue weighted by Crippen LogP contribution is 2.40. The molecule has 0 fully saturated rings. The zero-order chi connectivity index (χ0) is 22.0. The average molecular weight is 453 g/mol. The lowest BCUT2D eigenvalue weighted by Crippen LogP contribution is -2.35. The molecule has 1 heterocycles. The van der Waals surface area contributed by atoms with Gasteiger partial charge in [-0.15, -0.1) is 0 Å². The fourth-order valence-corrected chi connectivity index (χ4v) is 4.48. The first kappa shape index (κ1) is 21.2. The van der Waals surface area contributed by atoms with E-state index in [9.17, 15) is 14.0 Å². The van der Waals surface area contributed by atoms with Gasteiger partial charge in [0.2, 0.25) is 0 Å². The fourth-order valence-electron chi connectivity index (χ4n) is 3.38. The van der Waals surface area contributed by atoms with Gasteiger partial charge in [0.1, 0.15) is 16.4 Å². The Kier molecular flexibility index (Phi) is 6.11. The molecule has 31 heavy (non-hydrogen) atoms. The number of hydrogen-bond acceptors (Lipinski definition) is 4. The predicted molar refractivity (Wildman–Crippen MR) is 123 cm³/mol. The first-order valence-corrected chi connectivity index (χ1v) is 10.8. The Morgan fingerprint density at radius 1 is 0.903 bits per heavy atom. The lowest BCUT2D eigenvalue weighted by molar-refractivity contribution is -0.120. The van der Waals surface area contributed by atoms with Crippen molar-refractivity contribution < 1.29 is 14.0 Å². The number of rotatable bonds is 6. The number of amides is 2. The summed E-state index contributed by atoms with van der Waals surface area (Å²) in [6.07, 6.45) is 0. The third-order valence-corrected chi connectivity index (χ3v) is 6.13. The van der Waals surface area contributed by atoms with Crippen LogP contribution in [0.15, 0.2) is 94.4 Å². The summed E-state index contributed by atoms with van der Waals surface area (Å²) in [5, 5.41) is 0.569. The lowest BCUT2D eigenvalue weighted by Gasteiger charge is -2.24. The van der Waals surface area contributed by atoms with Crippen LogP contribution in [-0.4, -0.2) is 18.4 Å². The highest BCUT2D eigenvalue weighted by Gasteiger charge is 2.43. The number of thioether (sulfide) groups is 1. The summed E-state index contributed by atoms with van der Waals surface area (Å²) in [5.41, 5.74) is 0.929. The number of likely N-dealkylation sites (N-methyl/N-ethyl adjacent to an activating group) is 1. The SMILES string of the molecule is CCN(C1=C(Sc2ccc(Cl)cc2)C(=O)N(c2ccccc2F)C1=O)c1ccccc1. The van der Waals surface area contributed by atoms with E-state index < -0.39 is 17.6 Å². The van der Waals surface area contributed by atoms with E-state index in [-0.39, 0.29) is 16.3 Å². The largest absolute Gasteiger partial charge is 0.336 e. The second-order valence-electron chi connectivity index (χ2n) is 6.71. The van der Waals surface area contributed by atoms with E-state index in [0.717, 1.165) is 15.5 Å². The van der Waals surface area contributed by atoms with Crippen molar-refractivity contribution in [3.05, 3.63) is 100 Å². The molecule has 0 spiro atoms. The Labute approximate surface area is 188 Å². The van der Waals surface area contributed by atoms with Gasteiger partial charge >= 0.3 is 0 Å². The Bertz CT molecular complexity index is 1170. The molecule has 0 atom stereocenters. The topological polar surface area (TPSA) is 40.6 Å². The maximum atomic E-state index is 14.5. The van der Waals surface area contributed by atoms with Gasteiger partial charge in [0.25, 0.3) is 11.8 Å². The van der Waals surface area contributed by atoms with Crippen molar-refractivity contribution in [2.45, 2.75) is 11.8 Å². The molecule has 0 radical (unpaired) electrons. The minimum absolute atomic E-state index is 0.0641. The first-order chi connectivity index (χ1) is 15.0. The van der Waals surface area contributed by atoms with E-state index in [1.165, 1.54) is 30.0 Å². The quantitative estimate of drug-likeness (QED) is 0.438. The molecule has 1 aliphatic heterocycles. The van der Waals surface area contributed by atoms with E-state index in [1.54, 1.807) is 35.2 Å². The van der Waals surface area contributed by atoms with Crippen LogP contribution in [-0.2, 0) is 9.59 Å². The zero-order valence-corrected chi connectivity index (χ0v) is 18.2. The van der Waals surface area contributed by atoms with Crippen LogP contribution in [0.25, 0.3) is 0 Å². The molecule has 4 rings (SSSR count). The number of halogens is 2. The average Bonchev–Trinajstić information content (AvgIpc) is 3.01. The highest BCUT2D eigenvalue weighted by molar-refractivity contribution is 8.04. The molecule has 7 heteroatoms. The Morgan fingerprint density at radius 3 is 2.19 bits per heavy atom. The standard InChI is InChI=1S/C24H18ClFN2O2S/c1-2-27(17-8-4-3-5-9-17)21-22(31-18-14-12-16(25)13-15-18)24(30)28(23(21)29)20-11-7-6-10-19(20)26/h3-15H,2H2,1H3. The Balaban J connectivity index is 1.84. The summed E-state index contributed by atoms with van der Waals surface area (Å²) in [4.78, 5) is 30.6. The van der Waals surface area contributed by atoms with E-state index >= 15 is 0 Å². The molecule has 0 aliphatic carbocycles. The van der Waals surface area contributed by atoms with Gasteiger partial charge in [0.05, 0.1) is 5.69 Å². The normalized spacial score (nSPS) is 13.8. The number of imide groups is 1. The van der Waals surface area contributed by atoms with Crippen LogP contribution in [0.2, 0.25) is 5.02 Å². The number of para-hydroxylation sites is 2. The van der Waals surface area contributed by atoms with Crippen molar-refractivity contribution in [2.75, 3.05) is 16.3 Å². The van der Waals surface area contributed by atoms with Crippen molar-refractivity contribution in [2.24, 2.45) is 0 Å². The molecule has 0 unspecified atom stereocenters. The molecule has 0 N–H and O–H groups in total. The first-order valence-electron chi connectivity index (χ1n) is 9.65. The second kappa shape index (κ2) is 8.96. The third kappa shape index (κ3) is 4.09. The number of carbonyl (C=O) groups is 2. The van der Waals surface area contributed by atoms with Gasteiger partial charge in [0.15, 0.2) is 0 Å². The van der Waals surface area contributed by atoms with Crippen molar-refractivity contribution >= 4 is 46.6 Å². The third-order valence-electron chi connectivity index (χ3n) is 4.80. The molecule has 4 nitrogen and oxygen atoms in total. The summed E-state index contributed by atoms with van der Waals surface area (Å²) < 4.78 is 14.5. The van der Waals surface area contributed by atoms with Gasteiger partial charge in [-0.25, -0.2) is 9.29 Å². The number of nitrogens with zero attached hydrogens (tertiary/aromatic N) is 2. The van der Waals surface area contributed by atoms with Crippen LogP contribution in [0.1, 0.15) is 6.92 Å². The molecule has 3 aromatic carbocycles. The summed E-state index contributed by atoms with van der Waals surface area (Å²) in [5.74, 6) is -1.75. The van der Waals surface area contributed by atoms with Crippen molar-refractivity contribution in [3.63, 3.8) is 0 Å². The van der Waals surface area contributed by atoms with E-state index in [2.05, 4.69) is 0 Å². The fraction of sp³-hybridized carbons (Fsp3) is 0.0833. The van der Waals surface area contributed by atoms with Gasteiger partial charge in [-0.2, -0.15) is 0 Å². The maximum Gasteiger partial charge on any atom is 0.283 e. The summed E-state index contributed by atoms with van der Waals surface area (Å²) in [7, 11) is 0. The minimum Gasteiger partial charge on any atom is -0.336 e. The summed E-state index contributed by atoms with van der Waals surface area (Å²) in [6.45, 7) is 2.35. The van der Waals surface area contributed by atoms with E-state index in [4.69, 9.17) is 11.6 Å². The van der Waals surface area contributed by atoms with Crippen molar-refractivity contribution in [3.8, 4) is 0 Å². The second-order valence-corrected chi connectivity index (χ2v) is 8.23. The predicted octanol–water partition coefficient (Wildman–Crippen LogP) is 5.88. The van der Waals surface area contributed by atoms with Gasteiger partial charge < -0.3 is 4.90 Å². The molecule has 0 saturated heterocycles.